The molecule has 7 heteroatoms. The molecule has 2 N–H and O–H groups in total. The molecule has 112 valence electrons. The van der Waals surface area contributed by atoms with Crippen molar-refractivity contribution in [2.75, 3.05) is 0 Å². The van der Waals surface area contributed by atoms with E-state index < -0.39 is 12.1 Å². The number of hydrogen-bond acceptors (Lipinski definition) is 3. The smallest absolute Gasteiger partial charge is 0.417 e. The summed E-state index contributed by atoms with van der Waals surface area (Å²) in [6.45, 7) is 3.28. The topological polar surface area (TPSA) is 92.4 Å². The Hall–Kier alpha value is -2.15. The number of benzene rings is 1. The zero-order chi connectivity index (χ0) is 16.0. The highest BCUT2D eigenvalue weighted by Gasteiger charge is 2.10. The van der Waals surface area contributed by atoms with E-state index in [-0.39, 0.29) is 5.92 Å². The molecule has 0 atom stereocenters. The van der Waals surface area contributed by atoms with E-state index in [1.54, 1.807) is 13.8 Å². The van der Waals surface area contributed by atoms with E-state index in [2.05, 4.69) is 20.9 Å². The molecular formula is C14H15BrN2O4. The minimum Gasteiger partial charge on any atom is -0.481 e. The van der Waals surface area contributed by atoms with Gasteiger partial charge in [0.15, 0.2) is 0 Å². The van der Waals surface area contributed by atoms with E-state index in [0.29, 0.717) is 5.82 Å². The van der Waals surface area contributed by atoms with E-state index in [9.17, 15) is 9.59 Å². The molecule has 1 aromatic heterocycles. The van der Waals surface area contributed by atoms with Gasteiger partial charge >= 0.3 is 12.1 Å². The van der Waals surface area contributed by atoms with Crippen molar-refractivity contribution < 1.29 is 19.8 Å². The van der Waals surface area contributed by atoms with Crippen LogP contribution in [0, 0.1) is 5.92 Å². The van der Waals surface area contributed by atoms with Crippen molar-refractivity contribution in [2.24, 2.45) is 5.92 Å². The molecule has 0 aliphatic heterocycles. The molecule has 0 fully saturated rings. The van der Waals surface area contributed by atoms with E-state index in [1.807, 2.05) is 24.3 Å². The highest BCUT2D eigenvalue weighted by molar-refractivity contribution is 9.10. The minimum atomic E-state index is -1.04. The zero-order valence-electron chi connectivity index (χ0n) is 11.5. The number of rotatable bonds is 2. The number of aliphatic carboxylic acids is 1. The predicted molar refractivity (Wildman–Crippen MR) is 81.3 cm³/mol. The van der Waals surface area contributed by atoms with Gasteiger partial charge in [-0.2, -0.15) is 0 Å². The average molecular weight is 355 g/mol. The first kappa shape index (κ1) is 16.9. The summed E-state index contributed by atoms with van der Waals surface area (Å²) in [6.07, 6.45) is 1.84. The lowest BCUT2D eigenvalue weighted by Crippen LogP contribution is -2.08. The maximum Gasteiger partial charge on any atom is 0.417 e. The number of hydrogen-bond donors (Lipinski definition) is 2. The lowest BCUT2D eigenvalue weighted by Gasteiger charge is -2.02. The maximum atomic E-state index is 10.8. The van der Waals surface area contributed by atoms with Crippen molar-refractivity contribution in [3.05, 3.63) is 41.1 Å². The average Bonchev–Trinajstić information content (AvgIpc) is 2.89. The van der Waals surface area contributed by atoms with Crippen LogP contribution < -0.4 is 0 Å². The third-order valence-electron chi connectivity index (χ3n) is 2.44. The Morgan fingerprint density at radius 2 is 1.71 bits per heavy atom. The highest BCUT2D eigenvalue weighted by Crippen LogP contribution is 2.19. The summed E-state index contributed by atoms with van der Waals surface area (Å²) < 4.78 is 2.03. The van der Waals surface area contributed by atoms with Crippen LogP contribution in [0.3, 0.4) is 0 Å². The van der Waals surface area contributed by atoms with Crippen molar-refractivity contribution in [1.29, 1.82) is 0 Å². The SMILES string of the molecule is CC(C)C(=O)O.O=C(O)n1ccnc1-c1ccc(Br)cc1. The van der Waals surface area contributed by atoms with Gasteiger partial charge in [0.1, 0.15) is 5.82 Å². The van der Waals surface area contributed by atoms with E-state index in [0.717, 1.165) is 14.6 Å². The van der Waals surface area contributed by atoms with E-state index in [4.69, 9.17) is 10.2 Å². The van der Waals surface area contributed by atoms with E-state index in [1.165, 1.54) is 12.4 Å². The fourth-order valence-corrected chi connectivity index (χ4v) is 1.53. The molecule has 2 aromatic rings. The van der Waals surface area contributed by atoms with Crippen molar-refractivity contribution in [3.63, 3.8) is 0 Å². The van der Waals surface area contributed by atoms with Crippen LogP contribution in [0.4, 0.5) is 4.79 Å². The van der Waals surface area contributed by atoms with Gasteiger partial charge < -0.3 is 10.2 Å². The first-order chi connectivity index (χ1) is 9.82. The molecule has 0 aliphatic carbocycles. The Kier molecular flexibility index (Phi) is 6.10. The second kappa shape index (κ2) is 7.58. The Bertz CT molecular complexity index is 620. The number of halogens is 1. The van der Waals surface area contributed by atoms with Gasteiger partial charge in [0.2, 0.25) is 0 Å². The Morgan fingerprint density at radius 3 is 2.14 bits per heavy atom. The molecule has 21 heavy (non-hydrogen) atoms. The number of imidazole rings is 1. The van der Waals surface area contributed by atoms with Crippen molar-refractivity contribution in [1.82, 2.24) is 9.55 Å². The zero-order valence-corrected chi connectivity index (χ0v) is 13.1. The molecule has 0 amide bonds. The monoisotopic (exact) mass is 354 g/mol. The second-order valence-corrected chi connectivity index (χ2v) is 5.32. The molecule has 1 aromatic carbocycles. The van der Waals surface area contributed by atoms with Crippen LogP contribution in [0.5, 0.6) is 0 Å². The fraction of sp³-hybridized carbons (Fsp3) is 0.214. The van der Waals surface area contributed by atoms with Gasteiger partial charge in [-0.15, -0.1) is 0 Å². The van der Waals surface area contributed by atoms with Crippen molar-refractivity contribution in [3.8, 4) is 11.4 Å². The van der Waals surface area contributed by atoms with Gasteiger partial charge in [-0.3, -0.25) is 4.79 Å². The van der Waals surface area contributed by atoms with Gasteiger partial charge in [0, 0.05) is 22.4 Å². The van der Waals surface area contributed by atoms with E-state index >= 15 is 0 Å². The standard InChI is InChI=1S/C10H7BrN2O2.C4H8O2/c11-8-3-1-7(2-4-8)9-12-5-6-13(9)10(14)15;1-3(2)4(5)6/h1-6H,(H,14,15);3H,1-2H3,(H,5,6). The molecular weight excluding hydrogens is 340 g/mol. The van der Waals surface area contributed by atoms with Crippen LogP contribution >= 0.6 is 15.9 Å². The lowest BCUT2D eigenvalue weighted by atomic mass is 10.2. The molecule has 1 heterocycles. The third kappa shape index (κ3) is 5.03. The van der Waals surface area contributed by atoms with Crippen LogP contribution in [0.2, 0.25) is 0 Å². The summed E-state index contributed by atoms with van der Waals surface area (Å²) >= 11 is 3.31. The Balaban J connectivity index is 0.000000315. The summed E-state index contributed by atoms with van der Waals surface area (Å²) in [5, 5.41) is 16.9. The molecule has 0 aliphatic rings. The quantitative estimate of drug-likeness (QED) is 0.859. The Labute approximate surface area is 130 Å². The molecule has 6 nitrogen and oxygen atoms in total. The summed E-state index contributed by atoms with van der Waals surface area (Å²) in [6, 6.07) is 7.31. The molecule has 2 rings (SSSR count). The maximum absolute atomic E-state index is 10.8. The Morgan fingerprint density at radius 1 is 1.19 bits per heavy atom. The molecule has 0 saturated carbocycles. The minimum absolute atomic E-state index is 0.231. The number of nitrogens with zero attached hydrogens (tertiary/aromatic N) is 2. The molecule has 0 radical (unpaired) electrons. The van der Waals surface area contributed by atoms with Crippen LogP contribution in [0.25, 0.3) is 11.4 Å². The summed E-state index contributed by atoms with van der Waals surface area (Å²) in [5.74, 6) is -0.546. The van der Waals surface area contributed by atoms with Crippen LogP contribution in [0.15, 0.2) is 41.1 Å². The highest BCUT2D eigenvalue weighted by atomic mass is 79.9. The van der Waals surface area contributed by atoms with Gasteiger partial charge in [-0.05, 0) is 12.1 Å². The van der Waals surface area contributed by atoms with Crippen LogP contribution in [0.1, 0.15) is 13.8 Å². The number of carboxylic acid groups (broad SMARTS) is 2. The van der Waals surface area contributed by atoms with Crippen LogP contribution in [-0.4, -0.2) is 31.8 Å². The van der Waals surface area contributed by atoms with Gasteiger partial charge in [-0.1, -0.05) is 41.9 Å². The first-order valence-electron chi connectivity index (χ1n) is 6.08. The number of carbonyl (C=O) groups is 2. The first-order valence-corrected chi connectivity index (χ1v) is 6.87. The largest absolute Gasteiger partial charge is 0.481 e. The molecule has 0 saturated heterocycles. The predicted octanol–water partition coefficient (Wildman–Crippen LogP) is 3.57. The summed E-state index contributed by atoms with van der Waals surface area (Å²) in [5.41, 5.74) is 0.769. The van der Waals surface area contributed by atoms with Crippen LogP contribution in [-0.2, 0) is 4.79 Å². The number of aromatic nitrogens is 2. The summed E-state index contributed by atoms with van der Waals surface area (Å²) in [7, 11) is 0. The van der Waals surface area contributed by atoms with Crippen molar-refractivity contribution in [2.45, 2.75) is 13.8 Å². The molecule has 0 unspecified atom stereocenters. The number of carboxylic acids is 1. The van der Waals surface area contributed by atoms with Gasteiger partial charge in [-0.25, -0.2) is 14.3 Å². The normalized spacial score (nSPS) is 9.90. The fourth-order valence-electron chi connectivity index (χ4n) is 1.27. The van der Waals surface area contributed by atoms with Gasteiger partial charge in [0.05, 0.1) is 5.92 Å². The molecule has 0 bridgehead atoms. The lowest BCUT2D eigenvalue weighted by molar-refractivity contribution is -0.140. The molecule has 0 spiro atoms. The summed E-state index contributed by atoms with van der Waals surface area (Å²) in [4.78, 5) is 24.5. The van der Waals surface area contributed by atoms with Gasteiger partial charge in [0.25, 0.3) is 0 Å². The van der Waals surface area contributed by atoms with Crippen molar-refractivity contribution >= 4 is 28.0 Å². The second-order valence-electron chi connectivity index (χ2n) is 4.40. The third-order valence-corrected chi connectivity index (χ3v) is 2.97.